The summed E-state index contributed by atoms with van der Waals surface area (Å²) in [5, 5.41) is 6.41. The molecule has 138 valence electrons. The summed E-state index contributed by atoms with van der Waals surface area (Å²) in [7, 11) is 0. The minimum atomic E-state index is 0.766. The van der Waals surface area contributed by atoms with Crippen LogP contribution in [0.25, 0.3) is 20.4 Å². The molecule has 6 nitrogen and oxygen atoms in total. The maximum Gasteiger partial charge on any atom is 0.195 e. The number of nitrogen functional groups attached to an aromatic ring is 1. The number of nitrogens with zero attached hydrogens (tertiary/aromatic N) is 3. The van der Waals surface area contributed by atoms with E-state index in [4.69, 9.17) is 5.73 Å². The highest BCUT2D eigenvalue weighted by Crippen LogP contribution is 2.32. The van der Waals surface area contributed by atoms with Gasteiger partial charge in [0, 0.05) is 22.4 Å². The zero-order chi connectivity index (χ0) is 18.8. The molecule has 10 heteroatoms. The highest BCUT2D eigenvalue weighted by molar-refractivity contribution is 9.11. The summed E-state index contributed by atoms with van der Waals surface area (Å²) < 4.78 is 4.31. The third-order valence-electron chi connectivity index (χ3n) is 3.79. The van der Waals surface area contributed by atoms with Crippen molar-refractivity contribution >= 4 is 92.3 Å². The van der Waals surface area contributed by atoms with E-state index in [-0.39, 0.29) is 0 Å². The molecule has 4 aromatic rings. The van der Waals surface area contributed by atoms with Crippen molar-refractivity contribution in [3.05, 3.63) is 44.2 Å². The van der Waals surface area contributed by atoms with E-state index in [0.717, 1.165) is 55.1 Å². The van der Waals surface area contributed by atoms with Gasteiger partial charge in [-0.2, -0.15) is 0 Å². The van der Waals surface area contributed by atoms with E-state index < -0.39 is 0 Å². The first-order valence-electron chi connectivity index (χ1n) is 7.97. The first-order valence-corrected chi connectivity index (χ1v) is 11.3. The summed E-state index contributed by atoms with van der Waals surface area (Å²) in [6.07, 6.45) is 0. The van der Waals surface area contributed by atoms with Gasteiger partial charge in [0.05, 0.1) is 42.5 Å². The van der Waals surface area contributed by atoms with E-state index >= 15 is 0 Å². The molecule has 0 amide bonds. The van der Waals surface area contributed by atoms with Crippen LogP contribution in [0.5, 0.6) is 0 Å². The molecule has 0 saturated heterocycles. The van der Waals surface area contributed by atoms with Crippen molar-refractivity contribution in [2.45, 2.75) is 0 Å². The molecule has 1 aliphatic heterocycles. The van der Waals surface area contributed by atoms with Crippen molar-refractivity contribution in [1.29, 1.82) is 0 Å². The fourth-order valence-corrected chi connectivity index (χ4v) is 5.28. The van der Waals surface area contributed by atoms with Crippen molar-refractivity contribution in [2.24, 2.45) is 4.99 Å². The lowest BCUT2D eigenvalue weighted by molar-refractivity contribution is 0.959. The van der Waals surface area contributed by atoms with Gasteiger partial charge in [-0.3, -0.25) is 4.99 Å². The molecule has 0 unspecified atom stereocenters. The number of aromatic nitrogens is 2. The lowest BCUT2D eigenvalue weighted by atomic mass is 10.3. The van der Waals surface area contributed by atoms with E-state index in [1.165, 1.54) is 4.70 Å². The Bertz CT molecular complexity index is 1140. The zero-order valence-electron chi connectivity index (χ0n) is 13.9. The number of guanidine groups is 1. The molecule has 0 atom stereocenters. The van der Waals surface area contributed by atoms with E-state index in [9.17, 15) is 0 Å². The molecule has 4 N–H and O–H groups in total. The Kier molecular flexibility index (Phi) is 5.58. The minimum Gasteiger partial charge on any atom is -0.398 e. The highest BCUT2D eigenvalue weighted by Gasteiger charge is 2.08. The second kappa shape index (κ2) is 8.09. The van der Waals surface area contributed by atoms with Gasteiger partial charge in [-0.25, -0.2) is 9.97 Å². The summed E-state index contributed by atoms with van der Waals surface area (Å²) in [6.45, 7) is 1.74. The van der Waals surface area contributed by atoms with Crippen molar-refractivity contribution in [3.8, 4) is 0 Å². The predicted octanol–water partition coefficient (Wildman–Crippen LogP) is 5.07. The molecule has 3 heterocycles. The normalized spacial score (nSPS) is 13.2. The number of hydrogen-bond donors (Lipinski definition) is 3. The number of thiazole rings is 2. The van der Waals surface area contributed by atoms with Crippen molar-refractivity contribution in [1.82, 2.24) is 15.3 Å². The maximum atomic E-state index is 5.68. The molecule has 0 saturated carbocycles. The minimum absolute atomic E-state index is 0.766. The molecule has 27 heavy (non-hydrogen) atoms. The average Bonchev–Trinajstić information content (AvgIpc) is 3.40. The van der Waals surface area contributed by atoms with Gasteiger partial charge in [0.15, 0.2) is 5.96 Å². The lowest BCUT2D eigenvalue weighted by Crippen LogP contribution is -2.26. The second-order valence-electron chi connectivity index (χ2n) is 5.61. The number of nitrogens with two attached hydrogens (primary N) is 1. The number of aliphatic imine (C=N–C) groups is 1. The van der Waals surface area contributed by atoms with Gasteiger partial charge in [0.1, 0.15) is 0 Å². The number of benzene rings is 2. The molecule has 1 aliphatic rings. The van der Waals surface area contributed by atoms with Gasteiger partial charge in [-0.1, -0.05) is 0 Å². The van der Waals surface area contributed by atoms with Crippen LogP contribution in [-0.4, -0.2) is 29.0 Å². The van der Waals surface area contributed by atoms with Gasteiger partial charge in [0.25, 0.3) is 0 Å². The van der Waals surface area contributed by atoms with Crippen LogP contribution in [0.1, 0.15) is 0 Å². The quantitative estimate of drug-likeness (QED) is 0.302. The first-order chi connectivity index (χ1) is 13.1. The number of halogens is 2. The molecular formula is C17H14Br2N6S2. The standard InChI is InChI=1S/C10H9BrN4S.C7H5BrN2S/c11-7-3-6(15-10-12-1-2-13-10)4-8-9(7)16-5-14-8;8-6-4(9)1-2-5-7(6)11-3-10-5/h3-5H,1-2H2,(H2,12,13,15);1-3H,9H2. The molecule has 2 aromatic carbocycles. The molecule has 0 radical (unpaired) electrons. The summed E-state index contributed by atoms with van der Waals surface area (Å²) in [5.41, 5.74) is 13.1. The SMILES string of the molecule is Brc1cc(NC2=NCCN2)cc2ncsc12.Nc1ccc2ncsc2c1Br. The molecule has 0 spiro atoms. The Hall–Kier alpha value is -1.75. The van der Waals surface area contributed by atoms with Crippen LogP contribution in [0.3, 0.4) is 0 Å². The number of fused-ring (bicyclic) bond motifs is 2. The molecular weight excluding hydrogens is 512 g/mol. The predicted molar refractivity (Wildman–Crippen MR) is 123 cm³/mol. The van der Waals surface area contributed by atoms with Crippen LogP contribution >= 0.6 is 54.5 Å². The van der Waals surface area contributed by atoms with Crippen LogP contribution in [0.15, 0.2) is 49.2 Å². The summed E-state index contributed by atoms with van der Waals surface area (Å²) in [5.74, 6) is 0.835. The third-order valence-corrected chi connectivity index (χ3v) is 7.53. The lowest BCUT2D eigenvalue weighted by Gasteiger charge is -2.07. The van der Waals surface area contributed by atoms with Crippen LogP contribution < -0.4 is 16.4 Å². The fourth-order valence-electron chi connectivity index (χ4n) is 2.53. The van der Waals surface area contributed by atoms with Gasteiger partial charge >= 0.3 is 0 Å². The number of nitrogens with one attached hydrogen (secondary N) is 2. The van der Waals surface area contributed by atoms with Crippen molar-refractivity contribution in [3.63, 3.8) is 0 Å². The molecule has 0 bridgehead atoms. The van der Waals surface area contributed by atoms with Crippen LogP contribution in [0.4, 0.5) is 11.4 Å². The van der Waals surface area contributed by atoms with Crippen LogP contribution in [0, 0.1) is 0 Å². The van der Waals surface area contributed by atoms with Crippen molar-refractivity contribution in [2.75, 3.05) is 24.1 Å². The Labute approximate surface area is 180 Å². The Balaban J connectivity index is 0.000000143. The first kappa shape index (κ1) is 18.6. The molecule has 2 aromatic heterocycles. The molecule has 5 rings (SSSR count). The average molecular weight is 526 g/mol. The summed E-state index contributed by atoms with van der Waals surface area (Å²) in [6, 6.07) is 7.85. The van der Waals surface area contributed by atoms with Gasteiger partial charge in [0.2, 0.25) is 0 Å². The fraction of sp³-hybridized carbons (Fsp3) is 0.118. The van der Waals surface area contributed by atoms with Crippen molar-refractivity contribution < 1.29 is 0 Å². The smallest absolute Gasteiger partial charge is 0.195 e. The summed E-state index contributed by atoms with van der Waals surface area (Å²) >= 11 is 10.2. The largest absolute Gasteiger partial charge is 0.398 e. The second-order valence-corrected chi connectivity index (χ2v) is 8.97. The van der Waals surface area contributed by atoms with Crippen LogP contribution in [-0.2, 0) is 0 Å². The van der Waals surface area contributed by atoms with E-state index in [1.807, 2.05) is 35.3 Å². The van der Waals surface area contributed by atoms with Gasteiger partial charge in [-0.15, -0.1) is 22.7 Å². The number of hydrogen-bond acceptors (Lipinski definition) is 8. The van der Waals surface area contributed by atoms with E-state index in [0.29, 0.717) is 0 Å². The monoisotopic (exact) mass is 524 g/mol. The Morgan fingerprint density at radius 2 is 1.81 bits per heavy atom. The Morgan fingerprint density at radius 3 is 2.59 bits per heavy atom. The third kappa shape index (κ3) is 4.08. The topological polar surface area (TPSA) is 88.2 Å². The molecule has 0 fully saturated rings. The highest BCUT2D eigenvalue weighted by atomic mass is 79.9. The van der Waals surface area contributed by atoms with Crippen LogP contribution in [0.2, 0.25) is 0 Å². The summed E-state index contributed by atoms with van der Waals surface area (Å²) in [4.78, 5) is 12.7. The molecule has 0 aliphatic carbocycles. The number of rotatable bonds is 1. The number of anilines is 2. The van der Waals surface area contributed by atoms with Gasteiger partial charge in [-0.05, 0) is 56.1 Å². The van der Waals surface area contributed by atoms with Gasteiger partial charge < -0.3 is 16.4 Å². The maximum absolute atomic E-state index is 5.68. The van der Waals surface area contributed by atoms with E-state index in [2.05, 4.69) is 57.5 Å². The Morgan fingerprint density at radius 1 is 1.04 bits per heavy atom. The zero-order valence-corrected chi connectivity index (χ0v) is 18.7. The van der Waals surface area contributed by atoms with E-state index in [1.54, 1.807) is 22.7 Å².